The molecule has 1 heterocycles. The second-order valence-electron chi connectivity index (χ2n) is 6.44. The summed E-state index contributed by atoms with van der Waals surface area (Å²) in [7, 11) is 0. The van der Waals surface area contributed by atoms with Crippen LogP contribution in [0.5, 0.6) is 0 Å². The second-order valence-corrected chi connectivity index (χ2v) is 6.44. The summed E-state index contributed by atoms with van der Waals surface area (Å²) in [5.74, 6) is -0.269. The van der Waals surface area contributed by atoms with Crippen LogP contribution in [0.15, 0.2) is 79.1 Å². The van der Waals surface area contributed by atoms with E-state index < -0.39 is 6.09 Å². The van der Waals surface area contributed by atoms with Gasteiger partial charge in [0.1, 0.15) is 6.61 Å². The third-order valence-corrected chi connectivity index (χ3v) is 4.16. The van der Waals surface area contributed by atoms with E-state index >= 15 is 0 Å². The zero-order valence-electron chi connectivity index (χ0n) is 16.2. The monoisotopic (exact) mass is 402 g/mol. The number of hydrogen-bond donors (Lipinski definition) is 3. The largest absolute Gasteiger partial charge is 0.445 e. The number of hydrogen-bond acceptors (Lipinski definition) is 5. The smallest absolute Gasteiger partial charge is 0.407 e. The molecular weight excluding hydrogens is 380 g/mol. The van der Waals surface area contributed by atoms with E-state index in [2.05, 4.69) is 15.6 Å². The third kappa shape index (κ3) is 6.49. The van der Waals surface area contributed by atoms with Gasteiger partial charge in [-0.1, -0.05) is 42.5 Å². The summed E-state index contributed by atoms with van der Waals surface area (Å²) in [5.41, 5.74) is 9.48. The summed E-state index contributed by atoms with van der Waals surface area (Å²) in [4.78, 5) is 27.8. The van der Waals surface area contributed by atoms with E-state index in [4.69, 9.17) is 10.5 Å². The highest BCUT2D eigenvalue weighted by molar-refractivity contribution is 6.03. The number of rotatable bonds is 7. The van der Waals surface area contributed by atoms with Crippen molar-refractivity contribution in [3.63, 3.8) is 0 Å². The highest BCUT2D eigenvalue weighted by Crippen LogP contribution is 2.16. The number of ether oxygens (including phenoxy) is 1. The summed E-state index contributed by atoms with van der Waals surface area (Å²) < 4.78 is 5.14. The minimum atomic E-state index is -0.500. The van der Waals surface area contributed by atoms with Crippen LogP contribution in [0.3, 0.4) is 0 Å². The Bertz CT molecular complexity index is 1020. The predicted molar refractivity (Wildman–Crippen MR) is 116 cm³/mol. The Morgan fingerprint density at radius 2 is 1.80 bits per heavy atom. The lowest BCUT2D eigenvalue weighted by molar-refractivity contribution is -0.111. The number of anilines is 2. The first-order chi connectivity index (χ1) is 14.6. The molecule has 7 heteroatoms. The zero-order valence-corrected chi connectivity index (χ0v) is 16.2. The highest BCUT2D eigenvalue weighted by Gasteiger charge is 2.04. The Kier molecular flexibility index (Phi) is 7.16. The maximum atomic E-state index is 12.0. The number of nitrogens with one attached hydrogen (secondary N) is 2. The summed E-state index contributed by atoms with van der Waals surface area (Å²) >= 11 is 0. The number of pyridine rings is 1. The predicted octanol–water partition coefficient (Wildman–Crippen LogP) is 3.74. The van der Waals surface area contributed by atoms with Crippen LogP contribution in [0.1, 0.15) is 16.7 Å². The standard InChI is InChI=1S/C23H22N4O3/c24-20-5-1-2-6-21(20)27-22(28)12-11-17-7-9-18(10-8-17)15-26-23(29)30-16-19-4-3-13-25-14-19/h1-14H,15-16,24H2,(H,26,29)(H,27,28)/b12-11+. The van der Waals surface area contributed by atoms with Gasteiger partial charge in [0.2, 0.25) is 5.91 Å². The van der Waals surface area contributed by atoms with Crippen molar-refractivity contribution in [1.29, 1.82) is 0 Å². The van der Waals surface area contributed by atoms with Crippen molar-refractivity contribution in [2.24, 2.45) is 0 Å². The molecule has 0 radical (unpaired) electrons. The van der Waals surface area contributed by atoms with Crippen molar-refractivity contribution in [1.82, 2.24) is 10.3 Å². The number of nitrogens with two attached hydrogens (primary N) is 1. The molecule has 0 aliphatic heterocycles. The van der Waals surface area contributed by atoms with Gasteiger partial charge in [0.05, 0.1) is 11.4 Å². The Balaban J connectivity index is 1.44. The number of carbonyl (C=O) groups excluding carboxylic acids is 2. The van der Waals surface area contributed by atoms with Gasteiger partial charge in [-0.2, -0.15) is 0 Å². The maximum Gasteiger partial charge on any atom is 0.407 e. The molecule has 0 saturated carbocycles. The van der Waals surface area contributed by atoms with E-state index in [0.29, 0.717) is 17.9 Å². The molecule has 0 aliphatic carbocycles. The molecule has 2 amide bonds. The highest BCUT2D eigenvalue weighted by atomic mass is 16.5. The first-order valence-electron chi connectivity index (χ1n) is 9.32. The lowest BCUT2D eigenvalue weighted by Crippen LogP contribution is -2.23. The second kappa shape index (κ2) is 10.4. The lowest BCUT2D eigenvalue weighted by Gasteiger charge is -2.07. The Morgan fingerprint density at radius 1 is 1.00 bits per heavy atom. The van der Waals surface area contributed by atoms with Crippen molar-refractivity contribution >= 4 is 29.5 Å². The molecule has 152 valence electrons. The number of nitrogens with zero attached hydrogens (tertiary/aromatic N) is 1. The number of para-hydroxylation sites is 2. The van der Waals surface area contributed by atoms with Gasteiger partial charge in [-0.3, -0.25) is 9.78 Å². The Hall–Kier alpha value is -4.13. The SMILES string of the molecule is Nc1ccccc1NC(=O)/C=C/c1ccc(CNC(=O)OCc2cccnc2)cc1. The molecular formula is C23H22N4O3. The van der Waals surface area contributed by atoms with E-state index in [1.54, 1.807) is 48.8 Å². The summed E-state index contributed by atoms with van der Waals surface area (Å²) in [6.07, 6.45) is 5.95. The molecule has 3 rings (SSSR count). The van der Waals surface area contributed by atoms with Gasteiger partial charge in [0.15, 0.2) is 0 Å². The van der Waals surface area contributed by atoms with E-state index in [1.807, 2.05) is 30.3 Å². The Morgan fingerprint density at radius 3 is 2.53 bits per heavy atom. The van der Waals surface area contributed by atoms with Crippen LogP contribution in [0, 0.1) is 0 Å². The number of alkyl carbamates (subject to hydrolysis) is 1. The van der Waals surface area contributed by atoms with Gasteiger partial charge < -0.3 is 21.1 Å². The summed E-state index contributed by atoms with van der Waals surface area (Å²) in [5, 5.41) is 5.43. The van der Waals surface area contributed by atoms with E-state index in [0.717, 1.165) is 16.7 Å². The fourth-order valence-corrected chi connectivity index (χ4v) is 2.56. The van der Waals surface area contributed by atoms with Gasteiger partial charge in [-0.05, 0) is 35.4 Å². The topological polar surface area (TPSA) is 106 Å². The molecule has 0 aliphatic rings. The average Bonchev–Trinajstić information content (AvgIpc) is 2.78. The fourth-order valence-electron chi connectivity index (χ4n) is 2.56. The van der Waals surface area contributed by atoms with Crippen molar-refractivity contribution in [3.05, 3.63) is 95.8 Å². The Labute approximate surface area is 174 Å². The molecule has 2 aromatic carbocycles. The van der Waals surface area contributed by atoms with Gasteiger partial charge in [0, 0.05) is 30.6 Å². The van der Waals surface area contributed by atoms with Crippen molar-refractivity contribution in [2.75, 3.05) is 11.1 Å². The number of benzene rings is 2. The summed E-state index contributed by atoms with van der Waals surface area (Å²) in [6.45, 7) is 0.504. The van der Waals surface area contributed by atoms with Crippen LogP contribution in [-0.2, 0) is 22.7 Å². The fraction of sp³-hybridized carbons (Fsp3) is 0.0870. The summed E-state index contributed by atoms with van der Waals surface area (Å²) in [6, 6.07) is 18.1. The minimum Gasteiger partial charge on any atom is -0.445 e. The van der Waals surface area contributed by atoms with Crippen LogP contribution in [0.4, 0.5) is 16.2 Å². The van der Waals surface area contributed by atoms with Crippen molar-refractivity contribution < 1.29 is 14.3 Å². The number of aromatic nitrogens is 1. The van der Waals surface area contributed by atoms with E-state index in [9.17, 15) is 9.59 Å². The normalized spacial score (nSPS) is 10.5. The molecule has 0 fully saturated rings. The molecule has 7 nitrogen and oxygen atoms in total. The average molecular weight is 402 g/mol. The molecule has 0 bridgehead atoms. The first kappa shape index (κ1) is 20.6. The molecule has 3 aromatic rings. The molecule has 1 aromatic heterocycles. The van der Waals surface area contributed by atoms with E-state index in [-0.39, 0.29) is 12.5 Å². The first-order valence-corrected chi connectivity index (χ1v) is 9.32. The maximum absolute atomic E-state index is 12.0. The van der Waals surface area contributed by atoms with Crippen LogP contribution in [-0.4, -0.2) is 17.0 Å². The van der Waals surface area contributed by atoms with Gasteiger partial charge in [0.25, 0.3) is 0 Å². The van der Waals surface area contributed by atoms with Gasteiger partial charge in [-0.25, -0.2) is 4.79 Å². The van der Waals surface area contributed by atoms with Crippen LogP contribution >= 0.6 is 0 Å². The molecule has 0 unspecified atom stereocenters. The van der Waals surface area contributed by atoms with Crippen LogP contribution < -0.4 is 16.4 Å². The minimum absolute atomic E-state index is 0.167. The van der Waals surface area contributed by atoms with Gasteiger partial charge >= 0.3 is 6.09 Å². The third-order valence-electron chi connectivity index (χ3n) is 4.16. The number of amides is 2. The van der Waals surface area contributed by atoms with E-state index in [1.165, 1.54) is 6.08 Å². The molecule has 0 spiro atoms. The molecule has 0 atom stereocenters. The zero-order chi connectivity index (χ0) is 21.2. The lowest BCUT2D eigenvalue weighted by atomic mass is 10.1. The van der Waals surface area contributed by atoms with Gasteiger partial charge in [-0.15, -0.1) is 0 Å². The van der Waals surface area contributed by atoms with Crippen molar-refractivity contribution in [2.45, 2.75) is 13.2 Å². The quantitative estimate of drug-likeness (QED) is 0.412. The molecule has 30 heavy (non-hydrogen) atoms. The number of carbonyl (C=O) groups is 2. The number of nitrogen functional groups attached to an aromatic ring is 1. The molecule has 0 saturated heterocycles. The van der Waals surface area contributed by atoms with Crippen molar-refractivity contribution in [3.8, 4) is 0 Å². The molecule has 4 N–H and O–H groups in total. The van der Waals surface area contributed by atoms with Crippen LogP contribution in [0.25, 0.3) is 6.08 Å². The van der Waals surface area contributed by atoms with Crippen LogP contribution in [0.2, 0.25) is 0 Å².